The Bertz CT molecular complexity index is 1120. The highest BCUT2D eigenvalue weighted by Crippen LogP contribution is 2.41. The number of rotatable bonds is 9. The molecule has 0 bridgehead atoms. The molecule has 6 nitrogen and oxygen atoms in total. The van der Waals surface area contributed by atoms with E-state index in [1.54, 1.807) is 4.90 Å². The van der Waals surface area contributed by atoms with Gasteiger partial charge in [-0.1, -0.05) is 65.0 Å². The summed E-state index contributed by atoms with van der Waals surface area (Å²) in [6.07, 6.45) is 0.861. The van der Waals surface area contributed by atoms with Gasteiger partial charge in [0.25, 0.3) is 0 Å². The quantitative estimate of drug-likeness (QED) is 0.347. The van der Waals surface area contributed by atoms with Crippen molar-refractivity contribution in [3.8, 4) is 11.5 Å². The number of aliphatic hydroxyl groups excluding tert-OH is 1. The zero-order valence-corrected chi connectivity index (χ0v) is 23.1. The molecule has 210 valence electrons. The summed E-state index contributed by atoms with van der Waals surface area (Å²) in [5, 5.41) is 9.66. The van der Waals surface area contributed by atoms with Gasteiger partial charge in [-0.15, -0.1) is 0 Å². The van der Waals surface area contributed by atoms with Gasteiger partial charge in [0.05, 0.1) is 18.8 Å². The van der Waals surface area contributed by atoms with Crippen molar-refractivity contribution in [2.24, 2.45) is 11.1 Å². The zero-order valence-electron chi connectivity index (χ0n) is 23.1. The van der Waals surface area contributed by atoms with Crippen LogP contribution in [0.4, 0.5) is 13.2 Å². The molecule has 0 spiro atoms. The number of halogens is 3. The molecule has 0 radical (unpaired) electrons. The first-order chi connectivity index (χ1) is 18.2. The number of nitrogens with zero attached hydrogens (tertiary/aromatic N) is 2. The average Bonchev–Trinajstić information content (AvgIpc) is 3.31. The monoisotopic (exact) mass is 535 g/mol. The fourth-order valence-corrected chi connectivity index (χ4v) is 4.04. The van der Waals surface area contributed by atoms with Crippen molar-refractivity contribution in [3.05, 3.63) is 77.2 Å². The Kier molecular flexibility index (Phi) is 13.8. The minimum absolute atomic E-state index is 0.0672. The van der Waals surface area contributed by atoms with Gasteiger partial charge in [0.1, 0.15) is 29.7 Å². The number of hydrogen-bond donors (Lipinski definition) is 2. The molecule has 3 N–H and O–H groups in total. The number of alkyl halides is 1. The molecular formula is C29H40F3N3O3. The predicted octanol–water partition coefficient (Wildman–Crippen LogP) is 6.08. The van der Waals surface area contributed by atoms with E-state index in [1.807, 2.05) is 65.0 Å². The maximum atomic E-state index is 14.6. The van der Waals surface area contributed by atoms with Crippen LogP contribution in [0.3, 0.4) is 0 Å². The second-order valence-electron chi connectivity index (χ2n) is 9.27. The fourth-order valence-electron chi connectivity index (χ4n) is 4.04. The summed E-state index contributed by atoms with van der Waals surface area (Å²) in [6.45, 7) is 9.83. The highest BCUT2D eigenvalue weighted by molar-refractivity contribution is 5.78. The van der Waals surface area contributed by atoms with Gasteiger partial charge in [-0.3, -0.25) is 9.18 Å². The molecule has 1 amide bonds. The number of amides is 1. The van der Waals surface area contributed by atoms with Gasteiger partial charge in [0.15, 0.2) is 0 Å². The van der Waals surface area contributed by atoms with E-state index in [0.29, 0.717) is 44.6 Å². The summed E-state index contributed by atoms with van der Waals surface area (Å²) in [5.41, 5.74) is 6.44. The molecule has 0 saturated heterocycles. The lowest BCUT2D eigenvalue weighted by atomic mass is 9.82. The van der Waals surface area contributed by atoms with E-state index in [0.717, 1.165) is 23.8 Å². The summed E-state index contributed by atoms with van der Waals surface area (Å²) in [4.78, 5) is 18.9. The minimum atomic E-state index is -0.672. The lowest BCUT2D eigenvalue weighted by molar-refractivity contribution is -0.139. The van der Waals surface area contributed by atoms with E-state index in [1.165, 1.54) is 0 Å². The van der Waals surface area contributed by atoms with Crippen molar-refractivity contribution in [2.75, 3.05) is 26.9 Å². The van der Waals surface area contributed by atoms with Crippen molar-refractivity contribution >= 4 is 5.91 Å². The topological polar surface area (TPSA) is 92.6 Å². The molecule has 0 saturated carbocycles. The number of oxazole rings is 1. The summed E-state index contributed by atoms with van der Waals surface area (Å²) in [6, 6.07) is 12.0. The first-order valence-electron chi connectivity index (χ1n) is 12.6. The first kappa shape index (κ1) is 32.9. The van der Waals surface area contributed by atoms with Gasteiger partial charge in [0, 0.05) is 13.0 Å². The van der Waals surface area contributed by atoms with Gasteiger partial charge in [0.2, 0.25) is 11.8 Å². The van der Waals surface area contributed by atoms with E-state index in [2.05, 4.69) is 4.98 Å². The summed E-state index contributed by atoms with van der Waals surface area (Å²) < 4.78 is 44.1. The van der Waals surface area contributed by atoms with E-state index in [9.17, 15) is 23.1 Å². The molecule has 0 aliphatic rings. The largest absolute Gasteiger partial charge is 0.440 e. The SMILES string of the molecule is CC.CC(C)(C)C(c1nc(-c2cc(F)ccc2F)oc1Cc1ccccc1)N(CCCN)C(=O)CO.CF. The second-order valence-corrected chi connectivity index (χ2v) is 9.27. The number of carbonyl (C=O) groups is 1. The summed E-state index contributed by atoms with van der Waals surface area (Å²) in [5.74, 6) is -1.39. The molecule has 0 fully saturated rings. The van der Waals surface area contributed by atoms with E-state index in [4.69, 9.17) is 10.2 Å². The number of nitrogens with two attached hydrogens (primary N) is 1. The molecule has 3 rings (SSSR count). The number of benzene rings is 2. The molecule has 1 atom stereocenters. The van der Waals surface area contributed by atoms with Crippen LogP contribution in [0.15, 0.2) is 52.9 Å². The highest BCUT2D eigenvalue weighted by atomic mass is 19.1. The van der Waals surface area contributed by atoms with Crippen molar-refractivity contribution in [1.82, 2.24) is 9.88 Å². The van der Waals surface area contributed by atoms with Gasteiger partial charge in [-0.2, -0.15) is 0 Å². The normalized spacial score (nSPS) is 11.6. The van der Waals surface area contributed by atoms with Crippen LogP contribution >= 0.6 is 0 Å². The van der Waals surface area contributed by atoms with Crippen molar-refractivity contribution < 1.29 is 27.5 Å². The highest BCUT2D eigenvalue weighted by Gasteiger charge is 2.39. The van der Waals surface area contributed by atoms with Crippen molar-refractivity contribution in [1.29, 1.82) is 0 Å². The fraction of sp³-hybridized carbons (Fsp3) is 0.448. The molecule has 2 aromatic carbocycles. The van der Waals surface area contributed by atoms with E-state index in [-0.39, 0.29) is 11.5 Å². The molecule has 0 aliphatic carbocycles. The van der Waals surface area contributed by atoms with Gasteiger partial charge < -0.3 is 20.2 Å². The Balaban J connectivity index is 0.00000172. The Hall–Kier alpha value is -3.17. The zero-order chi connectivity index (χ0) is 28.9. The van der Waals surface area contributed by atoms with Crippen LogP contribution < -0.4 is 5.73 Å². The van der Waals surface area contributed by atoms with Crippen LogP contribution in [0.25, 0.3) is 11.5 Å². The maximum Gasteiger partial charge on any atom is 0.248 e. The molecule has 38 heavy (non-hydrogen) atoms. The maximum absolute atomic E-state index is 14.6. The molecular weight excluding hydrogens is 495 g/mol. The van der Waals surface area contributed by atoms with E-state index >= 15 is 0 Å². The number of hydrogen-bond acceptors (Lipinski definition) is 5. The minimum Gasteiger partial charge on any atom is -0.440 e. The van der Waals surface area contributed by atoms with Crippen LogP contribution in [0.2, 0.25) is 0 Å². The molecule has 3 aromatic rings. The third-order valence-corrected chi connectivity index (χ3v) is 5.54. The van der Waals surface area contributed by atoms with Crippen molar-refractivity contribution in [3.63, 3.8) is 0 Å². The van der Waals surface area contributed by atoms with Gasteiger partial charge in [-0.25, -0.2) is 13.8 Å². The van der Waals surface area contributed by atoms with E-state index < -0.39 is 35.6 Å². The van der Waals surface area contributed by atoms with Crippen LogP contribution in [0, 0.1) is 17.0 Å². The lowest BCUT2D eigenvalue weighted by Crippen LogP contribution is -2.44. The third kappa shape index (κ3) is 8.70. The molecule has 9 heteroatoms. The Morgan fingerprint density at radius 3 is 2.29 bits per heavy atom. The Labute approximate surface area is 223 Å². The Morgan fingerprint density at radius 1 is 1.11 bits per heavy atom. The van der Waals surface area contributed by atoms with Crippen LogP contribution in [-0.2, 0) is 11.2 Å². The van der Waals surface area contributed by atoms with Crippen molar-refractivity contribution in [2.45, 2.75) is 53.5 Å². The van der Waals surface area contributed by atoms with Gasteiger partial charge in [-0.05, 0) is 42.1 Å². The summed E-state index contributed by atoms with van der Waals surface area (Å²) >= 11 is 0. The third-order valence-electron chi connectivity index (χ3n) is 5.54. The number of aromatic nitrogens is 1. The first-order valence-corrected chi connectivity index (χ1v) is 12.6. The number of carbonyl (C=O) groups excluding carboxylic acids is 1. The second kappa shape index (κ2) is 15.9. The molecule has 1 aromatic heterocycles. The molecule has 1 heterocycles. The smallest absolute Gasteiger partial charge is 0.248 e. The van der Waals surface area contributed by atoms with Crippen LogP contribution in [0.5, 0.6) is 0 Å². The summed E-state index contributed by atoms with van der Waals surface area (Å²) in [7, 11) is 0.500. The number of aliphatic hydroxyl groups is 1. The van der Waals surface area contributed by atoms with Crippen LogP contribution in [0.1, 0.15) is 64.1 Å². The molecule has 1 unspecified atom stereocenters. The average molecular weight is 536 g/mol. The predicted molar refractivity (Wildman–Crippen MR) is 144 cm³/mol. The Morgan fingerprint density at radius 2 is 1.74 bits per heavy atom. The standard InChI is InChI=1S/C26H31F2N3O3.C2H6.CH3F/c1-26(2,3)24(31(13-7-12-29)22(33)16-32)23-21(14-17-8-5-4-6-9-17)34-25(30-23)19-15-18(27)10-11-20(19)28;2*1-2/h4-6,8-11,15,24,32H,7,12-14,16,29H2,1-3H3;1-2H3;1H3. The van der Waals surface area contributed by atoms with Crippen LogP contribution in [-0.4, -0.2) is 47.8 Å². The van der Waals surface area contributed by atoms with Gasteiger partial charge >= 0.3 is 0 Å². The molecule has 0 aliphatic heterocycles. The lowest BCUT2D eigenvalue weighted by Gasteiger charge is -2.39.